The molecule has 0 saturated heterocycles. The molecule has 0 aliphatic heterocycles. The van der Waals surface area contributed by atoms with Crippen LogP contribution in [-0.4, -0.2) is 37.1 Å². The molecule has 0 spiro atoms. The predicted molar refractivity (Wildman–Crippen MR) is 70.2 cm³/mol. The molecule has 0 bridgehead atoms. The van der Waals surface area contributed by atoms with Crippen LogP contribution in [0.5, 0.6) is 5.75 Å². The first-order chi connectivity index (χ1) is 8.18. The second-order valence-electron chi connectivity index (χ2n) is 4.23. The summed E-state index contributed by atoms with van der Waals surface area (Å²) in [5.41, 5.74) is 6.66. The second kappa shape index (κ2) is 5.01. The van der Waals surface area contributed by atoms with Crippen molar-refractivity contribution >= 4 is 16.5 Å². The van der Waals surface area contributed by atoms with Gasteiger partial charge in [0, 0.05) is 35.4 Å². The van der Waals surface area contributed by atoms with Crippen LogP contribution in [0.15, 0.2) is 30.6 Å². The van der Waals surface area contributed by atoms with E-state index in [9.17, 15) is 0 Å². The Bertz CT molecular complexity index is 511. The summed E-state index contributed by atoms with van der Waals surface area (Å²) in [6.07, 6.45) is 3.53. The van der Waals surface area contributed by atoms with Crippen molar-refractivity contribution in [1.29, 1.82) is 0 Å². The zero-order valence-electron chi connectivity index (χ0n) is 10.2. The first-order valence-electron chi connectivity index (χ1n) is 5.58. The molecule has 2 N–H and O–H groups in total. The van der Waals surface area contributed by atoms with E-state index in [0.717, 1.165) is 28.8 Å². The first-order valence-corrected chi connectivity index (χ1v) is 5.58. The largest absolute Gasteiger partial charge is 0.492 e. The molecule has 0 fully saturated rings. The van der Waals surface area contributed by atoms with Gasteiger partial charge in [-0.2, -0.15) is 0 Å². The zero-order valence-corrected chi connectivity index (χ0v) is 10.2. The number of nitrogens with zero attached hydrogens (tertiary/aromatic N) is 2. The number of hydrogen-bond donors (Lipinski definition) is 1. The first kappa shape index (κ1) is 11.7. The molecule has 17 heavy (non-hydrogen) atoms. The molecule has 0 aliphatic carbocycles. The molecule has 4 heteroatoms. The summed E-state index contributed by atoms with van der Waals surface area (Å²) in [6.45, 7) is 1.53. The molecule has 90 valence electrons. The minimum absolute atomic E-state index is 0.654. The van der Waals surface area contributed by atoms with Crippen LogP contribution in [0.25, 0.3) is 10.8 Å². The van der Waals surface area contributed by atoms with Crippen molar-refractivity contribution in [3.05, 3.63) is 30.6 Å². The number of fused-ring (bicyclic) bond motifs is 1. The van der Waals surface area contributed by atoms with Gasteiger partial charge in [0.15, 0.2) is 0 Å². The number of benzene rings is 1. The number of likely N-dealkylation sites (N-methyl/N-ethyl adjacent to an activating group) is 1. The van der Waals surface area contributed by atoms with Crippen molar-refractivity contribution < 1.29 is 4.74 Å². The highest BCUT2D eigenvalue weighted by Crippen LogP contribution is 2.28. The third-order valence-corrected chi connectivity index (χ3v) is 2.61. The molecule has 0 saturated carbocycles. The van der Waals surface area contributed by atoms with Gasteiger partial charge in [0.25, 0.3) is 0 Å². The topological polar surface area (TPSA) is 51.4 Å². The van der Waals surface area contributed by atoms with E-state index < -0.39 is 0 Å². The molecule has 0 unspecified atom stereocenters. The molecular formula is C13H17N3O. The number of hydrogen-bond acceptors (Lipinski definition) is 4. The Labute approximate surface area is 101 Å². The molecule has 1 aromatic carbocycles. The number of nitrogens with two attached hydrogens (primary N) is 1. The summed E-state index contributed by atoms with van der Waals surface area (Å²) in [7, 11) is 4.04. The number of pyridine rings is 1. The lowest BCUT2D eigenvalue weighted by molar-refractivity contribution is 0.263. The molecular weight excluding hydrogens is 214 g/mol. The molecule has 0 aliphatic rings. The van der Waals surface area contributed by atoms with Crippen molar-refractivity contribution in [1.82, 2.24) is 9.88 Å². The van der Waals surface area contributed by atoms with Crippen molar-refractivity contribution in [2.24, 2.45) is 0 Å². The fourth-order valence-electron chi connectivity index (χ4n) is 1.65. The Morgan fingerprint density at radius 2 is 2.06 bits per heavy atom. The van der Waals surface area contributed by atoms with Gasteiger partial charge < -0.3 is 15.4 Å². The summed E-state index contributed by atoms with van der Waals surface area (Å²) in [4.78, 5) is 6.19. The Kier molecular flexibility index (Phi) is 3.44. The van der Waals surface area contributed by atoms with Crippen LogP contribution in [0.4, 0.5) is 5.69 Å². The van der Waals surface area contributed by atoms with E-state index in [4.69, 9.17) is 10.5 Å². The Hall–Kier alpha value is -1.81. The molecule has 1 heterocycles. The molecule has 0 atom stereocenters. The number of nitrogen functional groups attached to an aromatic ring is 1. The van der Waals surface area contributed by atoms with Crippen LogP contribution in [0.1, 0.15) is 0 Å². The Morgan fingerprint density at radius 1 is 1.24 bits per heavy atom. The van der Waals surface area contributed by atoms with Crippen LogP contribution in [0.2, 0.25) is 0 Å². The van der Waals surface area contributed by atoms with Gasteiger partial charge in [0.05, 0.1) is 0 Å². The predicted octanol–water partition coefficient (Wildman–Crippen LogP) is 1.76. The van der Waals surface area contributed by atoms with Gasteiger partial charge in [-0.15, -0.1) is 0 Å². The van der Waals surface area contributed by atoms with Crippen LogP contribution in [-0.2, 0) is 0 Å². The van der Waals surface area contributed by atoms with Crippen molar-refractivity contribution in [3.63, 3.8) is 0 Å². The number of rotatable bonds is 4. The van der Waals surface area contributed by atoms with Gasteiger partial charge in [0.1, 0.15) is 12.4 Å². The molecule has 0 radical (unpaired) electrons. The highest BCUT2D eigenvalue weighted by Gasteiger charge is 2.05. The van der Waals surface area contributed by atoms with Crippen LogP contribution < -0.4 is 10.5 Å². The Balaban J connectivity index is 2.26. The van der Waals surface area contributed by atoms with E-state index in [1.165, 1.54) is 0 Å². The molecule has 2 rings (SSSR count). The van der Waals surface area contributed by atoms with Gasteiger partial charge >= 0.3 is 0 Å². The third-order valence-electron chi connectivity index (χ3n) is 2.61. The van der Waals surface area contributed by atoms with E-state index in [-0.39, 0.29) is 0 Å². The lowest BCUT2D eigenvalue weighted by atomic mass is 10.1. The fraction of sp³-hybridized carbons (Fsp3) is 0.308. The molecule has 2 aromatic rings. The summed E-state index contributed by atoms with van der Waals surface area (Å²) < 4.78 is 5.75. The average Bonchev–Trinajstić information content (AvgIpc) is 2.32. The lowest BCUT2D eigenvalue weighted by Crippen LogP contribution is -2.19. The van der Waals surface area contributed by atoms with Crippen LogP contribution in [0.3, 0.4) is 0 Å². The number of anilines is 1. The minimum atomic E-state index is 0.654. The summed E-state index contributed by atoms with van der Waals surface area (Å²) in [5, 5.41) is 1.95. The quantitative estimate of drug-likeness (QED) is 0.815. The molecule has 4 nitrogen and oxygen atoms in total. The minimum Gasteiger partial charge on any atom is -0.492 e. The average molecular weight is 231 g/mol. The van der Waals surface area contributed by atoms with E-state index >= 15 is 0 Å². The maximum Gasteiger partial charge on any atom is 0.128 e. The lowest BCUT2D eigenvalue weighted by Gasteiger charge is -2.13. The summed E-state index contributed by atoms with van der Waals surface area (Å²) in [6, 6.07) is 5.67. The Morgan fingerprint density at radius 3 is 2.82 bits per heavy atom. The number of ether oxygens (including phenoxy) is 1. The smallest absolute Gasteiger partial charge is 0.128 e. The van der Waals surface area contributed by atoms with E-state index in [0.29, 0.717) is 6.61 Å². The van der Waals surface area contributed by atoms with Crippen molar-refractivity contribution in [2.45, 2.75) is 0 Å². The maximum absolute atomic E-state index is 5.91. The van der Waals surface area contributed by atoms with E-state index in [1.54, 1.807) is 12.4 Å². The van der Waals surface area contributed by atoms with Gasteiger partial charge in [-0.25, -0.2) is 0 Å². The SMILES string of the molecule is CN(C)CCOc1ccc(N)c2ccncc12. The van der Waals surface area contributed by atoms with Gasteiger partial charge in [-0.05, 0) is 32.3 Å². The molecule has 1 aromatic heterocycles. The monoisotopic (exact) mass is 231 g/mol. The highest BCUT2D eigenvalue weighted by molar-refractivity contribution is 5.96. The fourth-order valence-corrected chi connectivity index (χ4v) is 1.65. The molecule has 0 amide bonds. The highest BCUT2D eigenvalue weighted by atomic mass is 16.5. The summed E-state index contributed by atoms with van der Waals surface area (Å²) >= 11 is 0. The van der Waals surface area contributed by atoms with Gasteiger partial charge in [0.2, 0.25) is 0 Å². The normalized spacial score (nSPS) is 11.0. The van der Waals surface area contributed by atoms with Gasteiger partial charge in [-0.1, -0.05) is 0 Å². The van der Waals surface area contributed by atoms with Crippen LogP contribution in [0, 0.1) is 0 Å². The number of aromatic nitrogens is 1. The van der Waals surface area contributed by atoms with Crippen LogP contribution >= 0.6 is 0 Å². The van der Waals surface area contributed by atoms with Crippen molar-refractivity contribution in [2.75, 3.05) is 33.0 Å². The van der Waals surface area contributed by atoms with Gasteiger partial charge in [-0.3, -0.25) is 4.98 Å². The van der Waals surface area contributed by atoms with E-state index in [2.05, 4.69) is 9.88 Å². The third kappa shape index (κ3) is 2.65. The standard InChI is InChI=1S/C13H17N3O/c1-16(2)7-8-17-13-4-3-12(14)10-5-6-15-9-11(10)13/h3-6,9H,7-8,14H2,1-2H3. The maximum atomic E-state index is 5.91. The second-order valence-corrected chi connectivity index (χ2v) is 4.23. The van der Waals surface area contributed by atoms with Crippen molar-refractivity contribution in [3.8, 4) is 5.75 Å². The van der Waals surface area contributed by atoms with E-state index in [1.807, 2.05) is 32.3 Å². The zero-order chi connectivity index (χ0) is 12.3. The summed E-state index contributed by atoms with van der Waals surface area (Å²) in [5.74, 6) is 0.837.